The number of hydrogen-bond donors (Lipinski definition) is 5. The van der Waals surface area contributed by atoms with E-state index < -0.39 is 47.1 Å². The predicted octanol–water partition coefficient (Wildman–Crippen LogP) is -7.29. The molecule has 0 radical (unpaired) electrons. The van der Waals surface area contributed by atoms with E-state index in [4.69, 9.17) is 34.2 Å². The highest BCUT2D eigenvalue weighted by molar-refractivity contribution is 5.10. The number of aromatic nitrogens is 3. The standard InChI is InChI=1S/C8H12N4O5.ClHO4/c9-7-10-2-12(8(16)11-7)6-5(15)4(14)3(1-13)17-6;2-1(3,4)5/h2-6,13-15H,1H2,(H2,9,11,16);(H,2,3,4,5)/t3-,4-,5-,6-;/m1./s1. The van der Waals surface area contributed by atoms with Crippen molar-refractivity contribution in [3.63, 3.8) is 0 Å². The first-order chi connectivity index (χ1) is 10.0. The fraction of sp³-hybridized carbons (Fsp3) is 0.625. The lowest BCUT2D eigenvalue weighted by Crippen LogP contribution is -2.58. The number of rotatable bonds is 2. The third kappa shape index (κ3) is 5.09. The molecule has 0 unspecified atom stereocenters. The SMILES string of the molecule is Nc1ncn([C@@H]2O[C@H](CO)[C@@H](O)[C@H]2O)c(=O)n1.[O-][Cl+3]([O-])([O-])O. The Morgan fingerprint density at radius 3 is 2.32 bits per heavy atom. The molecule has 6 N–H and O–H groups in total. The van der Waals surface area contributed by atoms with E-state index in [0.717, 1.165) is 10.9 Å². The van der Waals surface area contributed by atoms with Crippen LogP contribution in [0.1, 0.15) is 6.23 Å². The van der Waals surface area contributed by atoms with Crippen LogP contribution in [-0.4, -0.2) is 59.4 Å². The molecule has 22 heavy (non-hydrogen) atoms. The Kier molecular flexibility index (Phi) is 6.12. The Morgan fingerprint density at radius 1 is 1.36 bits per heavy atom. The summed E-state index contributed by atoms with van der Waals surface area (Å²) in [6.07, 6.45) is -3.67. The molecule has 0 aliphatic carbocycles. The summed E-state index contributed by atoms with van der Waals surface area (Å²) < 4.78 is 38.8. The number of nitrogens with two attached hydrogens (primary N) is 1. The number of aliphatic hydroxyl groups is 3. The second kappa shape index (κ2) is 7.23. The van der Waals surface area contributed by atoms with Crippen LogP contribution in [0.15, 0.2) is 11.1 Å². The Balaban J connectivity index is 0.000000422. The maximum atomic E-state index is 11.5. The fourth-order valence-corrected chi connectivity index (χ4v) is 1.64. The van der Waals surface area contributed by atoms with Gasteiger partial charge in [0.1, 0.15) is 24.6 Å². The highest BCUT2D eigenvalue weighted by Crippen LogP contribution is 2.27. The summed E-state index contributed by atoms with van der Waals surface area (Å²) in [5.74, 6) is -0.196. The van der Waals surface area contributed by atoms with Gasteiger partial charge in [-0.1, -0.05) is 0 Å². The van der Waals surface area contributed by atoms with E-state index in [1.165, 1.54) is 0 Å². The van der Waals surface area contributed by atoms with Crippen molar-refractivity contribution in [1.82, 2.24) is 14.5 Å². The molecule has 0 aromatic carbocycles. The number of ether oxygens (including phenoxy) is 1. The summed E-state index contributed by atoms with van der Waals surface area (Å²) in [6.45, 7) is -0.473. The summed E-state index contributed by atoms with van der Waals surface area (Å²) in [5, 5.41) is 28.1. The summed E-state index contributed by atoms with van der Waals surface area (Å²) in [4.78, 5) is 18.4. The zero-order chi connectivity index (χ0) is 17.1. The van der Waals surface area contributed by atoms with Crippen molar-refractivity contribution in [3.05, 3.63) is 16.8 Å². The lowest BCUT2D eigenvalue weighted by Gasteiger charge is -2.16. The molecule has 13 nitrogen and oxygen atoms in total. The summed E-state index contributed by atoms with van der Waals surface area (Å²) in [6, 6.07) is 0. The average Bonchev–Trinajstić information content (AvgIpc) is 2.64. The molecular weight excluding hydrogens is 332 g/mol. The molecule has 0 bridgehead atoms. The van der Waals surface area contributed by atoms with Gasteiger partial charge in [0.25, 0.3) is 0 Å². The van der Waals surface area contributed by atoms with Crippen LogP contribution in [0.2, 0.25) is 0 Å². The Labute approximate surface area is 124 Å². The van der Waals surface area contributed by atoms with E-state index in [0.29, 0.717) is 0 Å². The molecule has 1 aromatic rings. The van der Waals surface area contributed by atoms with E-state index in [9.17, 15) is 15.0 Å². The van der Waals surface area contributed by atoms with Crippen molar-refractivity contribution in [3.8, 4) is 0 Å². The van der Waals surface area contributed by atoms with Crippen LogP contribution in [0.25, 0.3) is 0 Å². The third-order valence-electron chi connectivity index (χ3n) is 2.54. The van der Waals surface area contributed by atoms with Crippen LogP contribution in [0.3, 0.4) is 0 Å². The van der Waals surface area contributed by atoms with Crippen LogP contribution in [-0.2, 0) is 4.74 Å². The predicted molar refractivity (Wildman–Crippen MR) is 55.9 cm³/mol. The minimum Gasteiger partial charge on any atom is -0.394 e. The molecule has 126 valence electrons. The van der Waals surface area contributed by atoms with Gasteiger partial charge < -0.3 is 25.8 Å². The fourth-order valence-electron chi connectivity index (χ4n) is 1.64. The maximum absolute atomic E-state index is 11.5. The highest BCUT2D eigenvalue weighted by Gasteiger charge is 2.43. The van der Waals surface area contributed by atoms with Crippen LogP contribution in [0, 0.1) is 10.2 Å². The molecule has 2 heterocycles. The second-order valence-electron chi connectivity index (χ2n) is 4.03. The molecule has 0 saturated carbocycles. The number of aliphatic hydroxyl groups excluding tert-OH is 3. The molecule has 2 rings (SSSR count). The monoisotopic (exact) mass is 344 g/mol. The zero-order valence-corrected chi connectivity index (χ0v) is 11.5. The molecule has 0 spiro atoms. The van der Waals surface area contributed by atoms with E-state index in [-0.39, 0.29) is 5.95 Å². The first kappa shape index (κ1) is 18.6. The molecule has 14 heteroatoms. The van der Waals surface area contributed by atoms with Crippen molar-refractivity contribution in [2.24, 2.45) is 0 Å². The Bertz CT molecular complexity index is 543. The largest absolute Gasteiger partial charge is 0.394 e. The Hall–Kier alpha value is -1.42. The van der Waals surface area contributed by atoms with Crippen LogP contribution >= 0.6 is 0 Å². The van der Waals surface area contributed by atoms with Gasteiger partial charge in [-0.25, -0.2) is 9.78 Å². The van der Waals surface area contributed by atoms with Gasteiger partial charge in [0.15, 0.2) is 6.23 Å². The minimum atomic E-state index is -4.69. The van der Waals surface area contributed by atoms with Gasteiger partial charge in [0.05, 0.1) is 21.5 Å². The number of nitrogen functional groups attached to an aromatic ring is 1. The topological polar surface area (TPSA) is 233 Å². The summed E-state index contributed by atoms with van der Waals surface area (Å²) in [5.41, 5.74) is 4.46. The van der Waals surface area contributed by atoms with Gasteiger partial charge in [-0.2, -0.15) is 19.0 Å². The van der Waals surface area contributed by atoms with Gasteiger partial charge in [0.2, 0.25) is 5.95 Å². The summed E-state index contributed by atoms with van der Waals surface area (Å²) in [7, 11) is -4.69. The van der Waals surface area contributed by atoms with Gasteiger partial charge in [0, 0.05) is 0 Å². The van der Waals surface area contributed by atoms with E-state index in [1.54, 1.807) is 0 Å². The van der Waals surface area contributed by atoms with Gasteiger partial charge in [-0.15, -0.1) is 0 Å². The maximum Gasteiger partial charge on any atom is 0.354 e. The first-order valence-electron chi connectivity index (χ1n) is 5.51. The molecule has 1 aliphatic heterocycles. The minimum absolute atomic E-state index is 0.196. The number of nitrogens with zero attached hydrogens (tertiary/aromatic N) is 3. The normalized spacial score (nSPS) is 28.1. The average molecular weight is 345 g/mol. The van der Waals surface area contributed by atoms with Crippen molar-refractivity contribution in [1.29, 1.82) is 0 Å². The van der Waals surface area contributed by atoms with Crippen LogP contribution < -0.4 is 25.4 Å². The third-order valence-corrected chi connectivity index (χ3v) is 2.54. The van der Waals surface area contributed by atoms with Crippen LogP contribution in [0.5, 0.6) is 0 Å². The van der Waals surface area contributed by atoms with E-state index >= 15 is 0 Å². The first-order valence-corrected chi connectivity index (χ1v) is 6.77. The Morgan fingerprint density at radius 2 is 1.91 bits per heavy atom. The van der Waals surface area contributed by atoms with Gasteiger partial charge in [-0.3, -0.25) is 4.57 Å². The van der Waals surface area contributed by atoms with Gasteiger partial charge >= 0.3 is 5.69 Å². The van der Waals surface area contributed by atoms with Crippen LogP contribution in [0.4, 0.5) is 5.95 Å². The quantitative estimate of drug-likeness (QED) is 0.336. The summed E-state index contributed by atoms with van der Waals surface area (Å²) >= 11 is 0. The van der Waals surface area contributed by atoms with E-state index in [2.05, 4.69) is 9.97 Å². The highest BCUT2D eigenvalue weighted by atomic mass is 35.7. The van der Waals surface area contributed by atoms with Crippen molar-refractivity contribution < 1.29 is 48.9 Å². The zero-order valence-electron chi connectivity index (χ0n) is 10.7. The molecule has 1 aliphatic rings. The molecular formula is C8H13ClN4O9. The number of hydrogen-bond acceptors (Lipinski definition) is 12. The number of anilines is 1. The lowest BCUT2D eigenvalue weighted by atomic mass is 10.1. The molecule has 4 atom stereocenters. The van der Waals surface area contributed by atoms with Gasteiger partial charge in [-0.05, 0) is 0 Å². The van der Waals surface area contributed by atoms with Crippen molar-refractivity contribution >= 4 is 5.95 Å². The molecule has 1 saturated heterocycles. The number of halogens is 1. The molecule has 0 amide bonds. The van der Waals surface area contributed by atoms with E-state index in [1.807, 2.05) is 0 Å². The van der Waals surface area contributed by atoms with Crippen molar-refractivity contribution in [2.75, 3.05) is 12.3 Å². The van der Waals surface area contributed by atoms with Crippen molar-refractivity contribution in [2.45, 2.75) is 24.5 Å². The lowest BCUT2D eigenvalue weighted by molar-refractivity contribution is -1.92. The molecule has 1 fully saturated rings. The smallest absolute Gasteiger partial charge is 0.354 e. The molecule has 1 aromatic heterocycles. The second-order valence-corrected chi connectivity index (χ2v) is 4.82.